The highest BCUT2D eigenvalue weighted by Gasteiger charge is 2.38. The van der Waals surface area contributed by atoms with Crippen LogP contribution in [0.15, 0.2) is 18.2 Å². The highest BCUT2D eigenvalue weighted by molar-refractivity contribution is 6.31. The first kappa shape index (κ1) is 17.7. The topological polar surface area (TPSA) is 58.6 Å². The summed E-state index contributed by atoms with van der Waals surface area (Å²) < 4.78 is 37.4. The number of halogens is 4. The molecule has 2 N–H and O–H groups in total. The maximum atomic E-state index is 10.6. The molecule has 0 saturated carbocycles. The number of alkyl halides is 3. The third-order valence-corrected chi connectivity index (χ3v) is 3.12. The zero-order chi connectivity index (χ0) is 16.0. The van der Waals surface area contributed by atoms with Gasteiger partial charge in [0.1, 0.15) is 0 Å². The standard InChI is InChI=1S/C11H14ClNO.C2HF3O2/c1-8-2-3-9(4-11(8)12)7-14-10-5-13-6-10;3-2(4,5)1(6)7/h2-4,10,13H,5-7H2,1H3;(H,6,7). The van der Waals surface area contributed by atoms with E-state index >= 15 is 0 Å². The molecule has 0 radical (unpaired) electrons. The number of benzene rings is 1. The predicted molar refractivity (Wildman–Crippen MR) is 71.3 cm³/mol. The molecule has 0 spiro atoms. The maximum absolute atomic E-state index is 10.6. The van der Waals surface area contributed by atoms with Crippen molar-refractivity contribution in [2.75, 3.05) is 13.1 Å². The molecule has 8 heteroatoms. The van der Waals surface area contributed by atoms with Crippen LogP contribution in [0.25, 0.3) is 0 Å². The quantitative estimate of drug-likeness (QED) is 0.897. The Morgan fingerprint density at radius 1 is 1.48 bits per heavy atom. The number of rotatable bonds is 3. The molecular weight excluding hydrogens is 311 g/mol. The smallest absolute Gasteiger partial charge is 0.475 e. The fourth-order valence-corrected chi connectivity index (χ4v) is 1.52. The number of nitrogens with one attached hydrogen (secondary N) is 1. The molecule has 0 bridgehead atoms. The van der Waals surface area contributed by atoms with Crippen LogP contribution in [0, 0.1) is 6.92 Å². The highest BCUT2D eigenvalue weighted by Crippen LogP contribution is 2.17. The number of hydrogen-bond donors (Lipinski definition) is 2. The summed E-state index contributed by atoms with van der Waals surface area (Å²) in [6, 6.07) is 6.07. The van der Waals surface area contributed by atoms with Gasteiger partial charge in [0.25, 0.3) is 0 Å². The predicted octanol–water partition coefficient (Wildman–Crippen LogP) is 2.77. The van der Waals surface area contributed by atoms with Crippen molar-refractivity contribution in [1.82, 2.24) is 5.32 Å². The molecule has 0 unspecified atom stereocenters. The minimum absolute atomic E-state index is 0.384. The second-order valence-electron chi connectivity index (χ2n) is 4.48. The van der Waals surface area contributed by atoms with E-state index in [4.69, 9.17) is 26.2 Å². The molecule has 21 heavy (non-hydrogen) atoms. The van der Waals surface area contributed by atoms with Crippen molar-refractivity contribution >= 4 is 17.6 Å². The largest absolute Gasteiger partial charge is 0.490 e. The third kappa shape index (κ3) is 6.33. The van der Waals surface area contributed by atoms with Crippen molar-refractivity contribution in [2.45, 2.75) is 25.8 Å². The zero-order valence-corrected chi connectivity index (χ0v) is 12.0. The summed E-state index contributed by atoms with van der Waals surface area (Å²) in [4.78, 5) is 8.90. The van der Waals surface area contributed by atoms with E-state index < -0.39 is 12.1 Å². The Bertz CT molecular complexity index is 490. The zero-order valence-electron chi connectivity index (χ0n) is 11.2. The van der Waals surface area contributed by atoms with Gasteiger partial charge in [-0.25, -0.2) is 4.79 Å². The number of carbonyl (C=O) groups is 1. The van der Waals surface area contributed by atoms with Gasteiger partial charge in [0.15, 0.2) is 0 Å². The molecule has 0 amide bonds. The SMILES string of the molecule is Cc1ccc(COC2CNC2)cc1Cl.O=C(O)C(F)(F)F. The summed E-state index contributed by atoms with van der Waals surface area (Å²) in [6.45, 7) is 4.61. The summed E-state index contributed by atoms with van der Waals surface area (Å²) in [5, 5.41) is 11.1. The van der Waals surface area contributed by atoms with Gasteiger partial charge in [0.2, 0.25) is 0 Å². The van der Waals surface area contributed by atoms with Crippen LogP contribution in [0.2, 0.25) is 5.02 Å². The summed E-state index contributed by atoms with van der Waals surface area (Å²) >= 11 is 6.01. The van der Waals surface area contributed by atoms with Gasteiger partial charge in [0.05, 0.1) is 12.7 Å². The molecule has 4 nitrogen and oxygen atoms in total. The Labute approximate surface area is 124 Å². The average Bonchev–Trinajstić information content (AvgIpc) is 2.31. The average molecular weight is 326 g/mol. The lowest BCUT2D eigenvalue weighted by atomic mass is 10.1. The number of carboxylic acid groups (broad SMARTS) is 1. The number of aryl methyl sites for hydroxylation is 1. The Morgan fingerprint density at radius 2 is 2.05 bits per heavy atom. The summed E-state index contributed by atoms with van der Waals surface area (Å²) in [5.74, 6) is -2.76. The van der Waals surface area contributed by atoms with Crippen LogP contribution in [-0.4, -0.2) is 36.4 Å². The molecule has 1 aliphatic heterocycles. The summed E-state index contributed by atoms with van der Waals surface area (Å²) in [6.07, 6.45) is -4.70. The fraction of sp³-hybridized carbons (Fsp3) is 0.462. The molecule has 1 saturated heterocycles. The van der Waals surface area contributed by atoms with Gasteiger partial charge in [0, 0.05) is 18.1 Å². The van der Waals surface area contributed by atoms with Gasteiger partial charge in [-0.2, -0.15) is 13.2 Å². The first-order valence-electron chi connectivity index (χ1n) is 6.07. The van der Waals surface area contributed by atoms with Crippen LogP contribution < -0.4 is 5.32 Å². The van der Waals surface area contributed by atoms with Gasteiger partial charge < -0.3 is 15.2 Å². The van der Waals surface area contributed by atoms with Crippen LogP contribution >= 0.6 is 11.6 Å². The third-order valence-electron chi connectivity index (χ3n) is 2.71. The first-order chi connectivity index (χ1) is 9.70. The summed E-state index contributed by atoms with van der Waals surface area (Å²) in [7, 11) is 0. The summed E-state index contributed by atoms with van der Waals surface area (Å²) in [5.41, 5.74) is 2.26. The van der Waals surface area contributed by atoms with E-state index in [-0.39, 0.29) is 0 Å². The van der Waals surface area contributed by atoms with E-state index in [0.717, 1.165) is 29.2 Å². The van der Waals surface area contributed by atoms with Crippen molar-refractivity contribution in [1.29, 1.82) is 0 Å². The fourth-order valence-electron chi connectivity index (χ4n) is 1.32. The minimum Gasteiger partial charge on any atom is -0.475 e. The molecule has 0 atom stereocenters. The minimum atomic E-state index is -5.08. The van der Waals surface area contributed by atoms with E-state index in [2.05, 4.69) is 11.4 Å². The van der Waals surface area contributed by atoms with Crippen molar-refractivity contribution in [2.24, 2.45) is 0 Å². The number of ether oxygens (including phenoxy) is 1. The lowest BCUT2D eigenvalue weighted by Crippen LogP contribution is -2.48. The molecule has 118 valence electrons. The lowest BCUT2D eigenvalue weighted by Gasteiger charge is -2.27. The monoisotopic (exact) mass is 325 g/mol. The second-order valence-corrected chi connectivity index (χ2v) is 4.88. The van der Waals surface area contributed by atoms with Crippen molar-refractivity contribution in [3.63, 3.8) is 0 Å². The van der Waals surface area contributed by atoms with E-state index in [0.29, 0.717) is 12.7 Å². The molecule has 1 aromatic carbocycles. The van der Waals surface area contributed by atoms with E-state index in [1.54, 1.807) is 0 Å². The molecule has 1 aromatic rings. The van der Waals surface area contributed by atoms with Gasteiger partial charge in [-0.05, 0) is 24.1 Å². The molecule has 0 aliphatic carbocycles. The molecule has 0 aromatic heterocycles. The van der Waals surface area contributed by atoms with Gasteiger partial charge in [-0.1, -0.05) is 23.7 Å². The first-order valence-corrected chi connectivity index (χ1v) is 6.45. The number of carboxylic acids is 1. The molecular formula is C13H15ClF3NO3. The molecule has 1 aliphatic rings. The Morgan fingerprint density at radius 3 is 2.43 bits per heavy atom. The van der Waals surface area contributed by atoms with Gasteiger partial charge in [-0.3, -0.25) is 0 Å². The molecule has 1 heterocycles. The highest BCUT2D eigenvalue weighted by atomic mass is 35.5. The van der Waals surface area contributed by atoms with Crippen LogP contribution in [0.5, 0.6) is 0 Å². The van der Waals surface area contributed by atoms with Gasteiger partial charge in [-0.15, -0.1) is 0 Å². The van der Waals surface area contributed by atoms with Crippen LogP contribution in [-0.2, 0) is 16.1 Å². The number of hydrogen-bond acceptors (Lipinski definition) is 3. The van der Waals surface area contributed by atoms with Crippen LogP contribution in [0.4, 0.5) is 13.2 Å². The Hall–Kier alpha value is -1.31. The van der Waals surface area contributed by atoms with Crippen molar-refractivity contribution in [3.05, 3.63) is 34.3 Å². The molecule has 1 fully saturated rings. The van der Waals surface area contributed by atoms with Gasteiger partial charge >= 0.3 is 12.1 Å². The van der Waals surface area contributed by atoms with E-state index in [1.807, 2.05) is 19.1 Å². The van der Waals surface area contributed by atoms with Crippen LogP contribution in [0.3, 0.4) is 0 Å². The second kappa shape index (κ2) is 7.63. The van der Waals surface area contributed by atoms with Crippen molar-refractivity contribution < 1.29 is 27.8 Å². The van der Waals surface area contributed by atoms with Crippen molar-refractivity contribution in [3.8, 4) is 0 Å². The maximum Gasteiger partial charge on any atom is 0.490 e. The lowest BCUT2D eigenvalue weighted by molar-refractivity contribution is -0.192. The number of aliphatic carboxylic acids is 1. The van der Waals surface area contributed by atoms with E-state index in [1.165, 1.54) is 0 Å². The normalized spacial score (nSPS) is 14.9. The molecule has 2 rings (SSSR count). The van der Waals surface area contributed by atoms with E-state index in [9.17, 15) is 13.2 Å². The Balaban J connectivity index is 0.000000270. The van der Waals surface area contributed by atoms with Crippen LogP contribution in [0.1, 0.15) is 11.1 Å². The Kier molecular flexibility index (Phi) is 6.44.